The minimum atomic E-state index is -0.326. The van der Waals surface area contributed by atoms with Crippen molar-refractivity contribution in [2.24, 2.45) is 10.4 Å². The van der Waals surface area contributed by atoms with E-state index in [1.165, 1.54) is 25.3 Å². The molecule has 0 spiro atoms. The lowest BCUT2D eigenvalue weighted by molar-refractivity contribution is 0.0732. The second-order valence-electron chi connectivity index (χ2n) is 7.74. The average Bonchev–Trinajstić information content (AvgIpc) is 2.56. The largest absolute Gasteiger partial charge is 0.385 e. The zero-order chi connectivity index (χ0) is 18.3. The van der Waals surface area contributed by atoms with Crippen LogP contribution in [-0.4, -0.2) is 39.8 Å². The van der Waals surface area contributed by atoms with Crippen molar-refractivity contribution in [1.82, 2.24) is 10.6 Å². The lowest BCUT2D eigenvalue weighted by Crippen LogP contribution is -2.49. The van der Waals surface area contributed by atoms with Crippen molar-refractivity contribution in [1.29, 1.82) is 0 Å². The molecule has 4 nitrogen and oxygen atoms in total. The van der Waals surface area contributed by atoms with Gasteiger partial charge in [0.05, 0.1) is 0 Å². The molecule has 0 radical (unpaired) electrons. The van der Waals surface area contributed by atoms with Crippen LogP contribution >= 0.6 is 0 Å². The third-order valence-corrected chi connectivity index (χ3v) is 5.41. The van der Waals surface area contributed by atoms with Crippen molar-refractivity contribution in [3.05, 3.63) is 35.6 Å². The Morgan fingerprint density at radius 2 is 2.00 bits per heavy atom. The number of rotatable bonds is 8. The van der Waals surface area contributed by atoms with E-state index in [0.717, 1.165) is 25.5 Å². The van der Waals surface area contributed by atoms with Gasteiger partial charge in [0.25, 0.3) is 0 Å². The number of benzene rings is 1. The van der Waals surface area contributed by atoms with E-state index in [9.17, 15) is 4.39 Å². The molecule has 0 saturated heterocycles. The maximum Gasteiger partial charge on any atom is 0.191 e. The topological polar surface area (TPSA) is 45.7 Å². The zero-order valence-corrected chi connectivity index (χ0v) is 16.0. The Morgan fingerprint density at radius 1 is 1.28 bits per heavy atom. The minimum absolute atomic E-state index is 0.162. The van der Waals surface area contributed by atoms with Gasteiger partial charge in [-0.3, -0.25) is 4.99 Å². The molecular weight excluding hydrogens is 317 g/mol. The Bertz CT molecular complexity index is 582. The molecule has 1 aromatic carbocycles. The molecule has 0 aromatic heterocycles. The minimum Gasteiger partial charge on any atom is -0.385 e. The highest BCUT2D eigenvalue weighted by Crippen LogP contribution is 2.43. The first kappa shape index (κ1) is 19.7. The Labute approximate surface area is 151 Å². The molecule has 2 rings (SSSR count). The predicted octanol–water partition coefficient (Wildman–Crippen LogP) is 3.48. The van der Waals surface area contributed by atoms with Crippen LogP contribution in [0.1, 0.15) is 45.1 Å². The molecule has 1 saturated carbocycles. The van der Waals surface area contributed by atoms with Gasteiger partial charge in [0.1, 0.15) is 5.82 Å². The number of hydrogen-bond donors (Lipinski definition) is 2. The van der Waals surface area contributed by atoms with E-state index in [2.05, 4.69) is 15.6 Å². The zero-order valence-electron chi connectivity index (χ0n) is 16.0. The van der Waals surface area contributed by atoms with Crippen LogP contribution in [0, 0.1) is 11.2 Å². The SMILES string of the molecule is CN=C(NCC1(CCOC)CCC1)NCC(C)(C)c1ccccc1F. The molecule has 5 heteroatoms. The lowest BCUT2D eigenvalue weighted by atomic mass is 9.67. The molecule has 0 unspecified atom stereocenters. The number of nitrogens with one attached hydrogen (secondary N) is 2. The highest BCUT2D eigenvalue weighted by molar-refractivity contribution is 5.79. The summed E-state index contributed by atoms with van der Waals surface area (Å²) < 4.78 is 19.3. The number of aliphatic imine (C=N–C) groups is 1. The summed E-state index contributed by atoms with van der Waals surface area (Å²) in [6, 6.07) is 6.96. The van der Waals surface area contributed by atoms with Crippen LogP contribution in [0.4, 0.5) is 4.39 Å². The predicted molar refractivity (Wildman–Crippen MR) is 102 cm³/mol. The number of nitrogens with zero attached hydrogens (tertiary/aromatic N) is 1. The summed E-state index contributed by atoms with van der Waals surface area (Å²) >= 11 is 0. The van der Waals surface area contributed by atoms with Crippen LogP contribution in [0.5, 0.6) is 0 Å². The van der Waals surface area contributed by atoms with Gasteiger partial charge in [-0.15, -0.1) is 0 Å². The summed E-state index contributed by atoms with van der Waals surface area (Å²) in [5.41, 5.74) is 0.718. The van der Waals surface area contributed by atoms with Gasteiger partial charge >= 0.3 is 0 Å². The molecule has 0 atom stereocenters. The Balaban J connectivity index is 1.89. The van der Waals surface area contributed by atoms with Crippen molar-refractivity contribution in [3.63, 3.8) is 0 Å². The highest BCUT2D eigenvalue weighted by Gasteiger charge is 2.36. The van der Waals surface area contributed by atoms with Crippen molar-refractivity contribution in [2.45, 2.75) is 44.9 Å². The molecule has 1 aromatic rings. The number of guanidine groups is 1. The summed E-state index contributed by atoms with van der Waals surface area (Å²) in [6.45, 7) is 6.39. The average molecular weight is 349 g/mol. The van der Waals surface area contributed by atoms with Crippen molar-refractivity contribution >= 4 is 5.96 Å². The first-order chi connectivity index (χ1) is 11.9. The molecule has 0 heterocycles. The standard InChI is InChI=1S/C20H32FN3O/c1-19(2,16-8-5-6-9-17(16)21)14-23-18(22-3)24-15-20(10-7-11-20)12-13-25-4/h5-6,8-9H,7,10-15H2,1-4H3,(H2,22,23,24). The van der Waals surface area contributed by atoms with Crippen LogP contribution in [-0.2, 0) is 10.2 Å². The van der Waals surface area contributed by atoms with Crippen LogP contribution in [0.15, 0.2) is 29.3 Å². The molecule has 1 aliphatic carbocycles. The van der Waals surface area contributed by atoms with Crippen molar-refractivity contribution in [2.75, 3.05) is 33.9 Å². The number of ether oxygens (including phenoxy) is 1. The van der Waals surface area contributed by atoms with Crippen molar-refractivity contribution in [3.8, 4) is 0 Å². The van der Waals surface area contributed by atoms with E-state index < -0.39 is 0 Å². The first-order valence-electron chi connectivity index (χ1n) is 9.11. The maximum atomic E-state index is 14.1. The molecule has 0 aliphatic heterocycles. The van der Waals surface area contributed by atoms with E-state index >= 15 is 0 Å². The molecule has 1 aliphatic rings. The van der Waals surface area contributed by atoms with E-state index in [-0.39, 0.29) is 11.2 Å². The third kappa shape index (κ3) is 5.18. The summed E-state index contributed by atoms with van der Waals surface area (Å²) in [5.74, 6) is 0.610. The van der Waals surface area contributed by atoms with Gasteiger partial charge in [0.15, 0.2) is 5.96 Å². The third-order valence-electron chi connectivity index (χ3n) is 5.41. The Hall–Kier alpha value is -1.62. The van der Waals surface area contributed by atoms with Gasteiger partial charge in [-0.2, -0.15) is 0 Å². The molecule has 25 heavy (non-hydrogen) atoms. The fourth-order valence-electron chi connectivity index (χ4n) is 3.41. The van der Waals surface area contributed by atoms with Gasteiger partial charge in [-0.25, -0.2) is 4.39 Å². The number of methoxy groups -OCH3 is 1. The van der Waals surface area contributed by atoms with Gasteiger partial charge in [-0.1, -0.05) is 38.5 Å². The highest BCUT2D eigenvalue weighted by atomic mass is 19.1. The Kier molecular flexibility index (Phi) is 6.82. The van der Waals surface area contributed by atoms with Gasteiger partial charge in [-0.05, 0) is 36.3 Å². The quantitative estimate of drug-likeness (QED) is 0.558. The fraction of sp³-hybridized carbons (Fsp3) is 0.650. The summed E-state index contributed by atoms with van der Waals surface area (Å²) in [7, 11) is 3.53. The number of halogens is 1. The van der Waals surface area contributed by atoms with Gasteiger partial charge < -0.3 is 15.4 Å². The van der Waals surface area contributed by atoms with Crippen LogP contribution in [0.2, 0.25) is 0 Å². The molecule has 140 valence electrons. The molecule has 0 bridgehead atoms. The van der Waals surface area contributed by atoms with E-state index in [0.29, 0.717) is 17.5 Å². The summed E-state index contributed by atoms with van der Waals surface area (Å²) in [4.78, 5) is 4.32. The van der Waals surface area contributed by atoms with Gasteiger partial charge in [0, 0.05) is 39.3 Å². The lowest BCUT2D eigenvalue weighted by Gasteiger charge is -2.42. The first-order valence-corrected chi connectivity index (χ1v) is 9.11. The van der Waals surface area contributed by atoms with Crippen LogP contribution in [0.25, 0.3) is 0 Å². The summed E-state index contributed by atoms with van der Waals surface area (Å²) in [5, 5.41) is 6.80. The normalized spacial score (nSPS) is 17.1. The van der Waals surface area contributed by atoms with Crippen LogP contribution < -0.4 is 10.6 Å². The molecule has 0 amide bonds. The summed E-state index contributed by atoms with van der Waals surface area (Å²) in [6.07, 6.45) is 4.84. The fourth-order valence-corrected chi connectivity index (χ4v) is 3.41. The second-order valence-corrected chi connectivity index (χ2v) is 7.74. The van der Waals surface area contributed by atoms with E-state index in [4.69, 9.17) is 4.74 Å². The smallest absolute Gasteiger partial charge is 0.191 e. The monoisotopic (exact) mass is 349 g/mol. The van der Waals surface area contributed by atoms with E-state index in [1.807, 2.05) is 26.0 Å². The molecule has 2 N–H and O–H groups in total. The number of hydrogen-bond acceptors (Lipinski definition) is 2. The molecular formula is C20H32FN3O. The van der Waals surface area contributed by atoms with E-state index in [1.54, 1.807) is 20.2 Å². The maximum absolute atomic E-state index is 14.1. The Morgan fingerprint density at radius 3 is 2.56 bits per heavy atom. The van der Waals surface area contributed by atoms with Gasteiger partial charge in [0.2, 0.25) is 0 Å². The molecule has 1 fully saturated rings. The van der Waals surface area contributed by atoms with Crippen molar-refractivity contribution < 1.29 is 9.13 Å². The second kappa shape index (κ2) is 8.65. The van der Waals surface area contributed by atoms with Crippen LogP contribution in [0.3, 0.4) is 0 Å².